The van der Waals surface area contributed by atoms with E-state index in [-0.39, 0.29) is 11.2 Å². The standard InChI is InChI=1S/C28H40N2O4/c1-18-17-23-24(19(2)28(12-13-28)27(3,34)25(23)31)22(18)9-6-8-20-7-4-5-14-30(20)21-10-15-29(16-11-21)26(32)33/h17,20-21,34H,4-16H2,1-3H3,(H,32,33)/t20-,27?/m0/s1. The Morgan fingerprint density at radius 2 is 1.82 bits per heavy atom. The number of nitrogens with zero attached hydrogens (tertiary/aromatic N) is 2. The zero-order valence-electron chi connectivity index (χ0n) is 21.0. The van der Waals surface area contributed by atoms with Crippen LogP contribution in [0.5, 0.6) is 0 Å². The van der Waals surface area contributed by atoms with Crippen LogP contribution < -0.4 is 0 Å². The first-order chi connectivity index (χ1) is 16.2. The van der Waals surface area contributed by atoms with Crippen LogP contribution in [0.3, 0.4) is 0 Å². The van der Waals surface area contributed by atoms with E-state index in [2.05, 4.69) is 18.7 Å². The molecule has 1 spiro atoms. The summed E-state index contributed by atoms with van der Waals surface area (Å²) >= 11 is 0. The van der Waals surface area contributed by atoms with E-state index in [1.807, 2.05) is 6.08 Å². The summed E-state index contributed by atoms with van der Waals surface area (Å²) in [5.41, 5.74) is 3.98. The number of rotatable bonds is 5. The van der Waals surface area contributed by atoms with Gasteiger partial charge in [0.2, 0.25) is 0 Å². The number of aliphatic hydroxyl groups is 1. The molecule has 34 heavy (non-hydrogen) atoms. The van der Waals surface area contributed by atoms with E-state index in [1.54, 1.807) is 11.8 Å². The minimum atomic E-state index is -1.28. The third-order valence-corrected chi connectivity index (χ3v) is 9.71. The highest BCUT2D eigenvalue weighted by Crippen LogP contribution is 2.65. The summed E-state index contributed by atoms with van der Waals surface area (Å²) in [7, 11) is 0. The van der Waals surface area contributed by atoms with Crippen LogP contribution in [0.15, 0.2) is 33.9 Å². The zero-order chi connectivity index (χ0) is 24.3. The molecule has 0 bridgehead atoms. The number of carbonyl (C=O) groups excluding carboxylic acids is 1. The van der Waals surface area contributed by atoms with Crippen LogP contribution in [0, 0.1) is 5.41 Å². The third kappa shape index (κ3) is 3.69. The minimum absolute atomic E-state index is 0.0916. The first-order valence-electron chi connectivity index (χ1n) is 13.3. The van der Waals surface area contributed by atoms with E-state index in [0.717, 1.165) is 62.6 Å². The molecular formula is C28H40N2O4. The van der Waals surface area contributed by atoms with Gasteiger partial charge in [0.25, 0.3) is 0 Å². The lowest BCUT2D eigenvalue weighted by Gasteiger charge is -2.44. The number of ketones is 1. The molecule has 2 N–H and O–H groups in total. The van der Waals surface area contributed by atoms with Crippen LogP contribution in [0.1, 0.15) is 85.0 Å². The fourth-order valence-corrected chi connectivity index (χ4v) is 7.45. The molecule has 0 radical (unpaired) electrons. The third-order valence-electron chi connectivity index (χ3n) is 9.71. The fraction of sp³-hybridized carbons (Fsp3) is 0.714. The number of piperidine rings is 2. The maximum atomic E-state index is 13.2. The average molecular weight is 469 g/mol. The minimum Gasteiger partial charge on any atom is -0.465 e. The quantitative estimate of drug-likeness (QED) is 0.603. The number of fused-ring (bicyclic) bond motifs is 1. The number of hydrogen-bond donors (Lipinski definition) is 2. The molecule has 1 amide bonds. The van der Waals surface area contributed by atoms with Crippen molar-refractivity contribution in [2.45, 2.75) is 103 Å². The average Bonchev–Trinajstić information content (AvgIpc) is 3.58. The molecule has 0 aromatic carbocycles. The van der Waals surface area contributed by atoms with Gasteiger partial charge in [-0.2, -0.15) is 0 Å². The highest BCUT2D eigenvalue weighted by Gasteiger charge is 2.65. The monoisotopic (exact) mass is 468 g/mol. The van der Waals surface area contributed by atoms with E-state index < -0.39 is 11.7 Å². The molecule has 3 aliphatic carbocycles. The Labute approximate surface area is 203 Å². The van der Waals surface area contributed by atoms with Crippen LogP contribution in [0.25, 0.3) is 0 Å². The van der Waals surface area contributed by atoms with Gasteiger partial charge >= 0.3 is 6.09 Å². The number of amides is 1. The summed E-state index contributed by atoms with van der Waals surface area (Å²) in [6.07, 6.45) is 11.9. The lowest BCUT2D eigenvalue weighted by molar-refractivity contribution is -0.137. The van der Waals surface area contributed by atoms with E-state index in [0.29, 0.717) is 25.2 Å². The molecule has 3 fully saturated rings. The number of hydrogen-bond acceptors (Lipinski definition) is 4. The number of carboxylic acid groups (broad SMARTS) is 1. The van der Waals surface area contributed by atoms with E-state index in [1.165, 1.54) is 36.0 Å². The smallest absolute Gasteiger partial charge is 0.407 e. The van der Waals surface area contributed by atoms with Gasteiger partial charge in [0.15, 0.2) is 5.78 Å². The molecule has 1 saturated carbocycles. The summed E-state index contributed by atoms with van der Waals surface area (Å²) in [5, 5.41) is 20.4. The largest absolute Gasteiger partial charge is 0.465 e. The lowest BCUT2D eigenvalue weighted by Crippen LogP contribution is -2.51. The Kier molecular flexibility index (Phi) is 6.04. The lowest BCUT2D eigenvalue weighted by atomic mass is 9.67. The first kappa shape index (κ1) is 23.8. The molecule has 5 aliphatic rings. The van der Waals surface area contributed by atoms with Gasteiger partial charge in [-0.1, -0.05) is 12.0 Å². The second kappa shape index (κ2) is 8.63. The number of Topliss-reactive ketones (excluding diaryl/α,β-unsaturated/α-hetero) is 1. The van der Waals surface area contributed by atoms with Gasteiger partial charge in [0.05, 0.1) is 0 Å². The zero-order valence-corrected chi connectivity index (χ0v) is 21.0. The summed E-state index contributed by atoms with van der Waals surface area (Å²) in [5.74, 6) is -0.0916. The SMILES string of the molecule is CC1=C(CCC[C@@H]2CCCCN2C2CCN(C(=O)O)CC2)C2=C(C)C3(CC3)C(C)(O)C(=O)C2=C1. The molecule has 0 aromatic rings. The molecule has 2 atom stereocenters. The van der Waals surface area contributed by atoms with E-state index in [9.17, 15) is 19.8 Å². The highest BCUT2D eigenvalue weighted by atomic mass is 16.4. The fourth-order valence-electron chi connectivity index (χ4n) is 7.45. The van der Waals surface area contributed by atoms with Gasteiger partial charge in [-0.05, 0) is 108 Å². The van der Waals surface area contributed by atoms with Crippen molar-refractivity contribution in [1.29, 1.82) is 0 Å². The first-order valence-corrected chi connectivity index (χ1v) is 13.3. The molecule has 6 heteroatoms. The van der Waals surface area contributed by atoms with Crippen molar-refractivity contribution in [2.75, 3.05) is 19.6 Å². The van der Waals surface area contributed by atoms with Crippen molar-refractivity contribution < 1.29 is 19.8 Å². The number of allylic oxidation sites excluding steroid dienone is 4. The predicted molar refractivity (Wildman–Crippen MR) is 132 cm³/mol. The summed E-state index contributed by atoms with van der Waals surface area (Å²) in [4.78, 5) is 28.7. The van der Waals surface area contributed by atoms with Crippen LogP contribution >= 0.6 is 0 Å². The predicted octanol–water partition coefficient (Wildman–Crippen LogP) is 4.84. The Morgan fingerprint density at radius 1 is 1.12 bits per heavy atom. The molecule has 186 valence electrons. The number of carbonyl (C=O) groups is 2. The van der Waals surface area contributed by atoms with Gasteiger partial charge in [0.1, 0.15) is 5.60 Å². The Morgan fingerprint density at radius 3 is 2.47 bits per heavy atom. The molecule has 2 heterocycles. The van der Waals surface area contributed by atoms with Crippen LogP contribution in [0.2, 0.25) is 0 Å². The van der Waals surface area contributed by atoms with Gasteiger partial charge in [-0.25, -0.2) is 4.79 Å². The molecule has 1 unspecified atom stereocenters. The maximum Gasteiger partial charge on any atom is 0.407 e. The van der Waals surface area contributed by atoms with Crippen molar-refractivity contribution in [2.24, 2.45) is 5.41 Å². The summed E-state index contributed by atoms with van der Waals surface area (Å²) < 4.78 is 0. The summed E-state index contributed by atoms with van der Waals surface area (Å²) in [6, 6.07) is 1.07. The molecule has 6 nitrogen and oxygen atoms in total. The van der Waals surface area contributed by atoms with Gasteiger partial charge in [-0.3, -0.25) is 9.69 Å². The van der Waals surface area contributed by atoms with E-state index >= 15 is 0 Å². The molecule has 0 aromatic heterocycles. The molecule has 2 saturated heterocycles. The Balaban J connectivity index is 1.25. The van der Waals surface area contributed by atoms with Gasteiger partial charge in [0, 0.05) is 36.2 Å². The van der Waals surface area contributed by atoms with E-state index in [4.69, 9.17) is 0 Å². The highest BCUT2D eigenvalue weighted by molar-refractivity contribution is 6.10. The van der Waals surface area contributed by atoms with Crippen LogP contribution in [-0.2, 0) is 4.79 Å². The topological polar surface area (TPSA) is 81.1 Å². The molecular weight excluding hydrogens is 428 g/mol. The molecule has 5 rings (SSSR count). The second-order valence-corrected chi connectivity index (χ2v) is 11.5. The maximum absolute atomic E-state index is 13.2. The second-order valence-electron chi connectivity index (χ2n) is 11.5. The van der Waals surface area contributed by atoms with Gasteiger partial charge in [-0.15, -0.1) is 0 Å². The Bertz CT molecular complexity index is 976. The van der Waals surface area contributed by atoms with Crippen molar-refractivity contribution in [3.63, 3.8) is 0 Å². The van der Waals surface area contributed by atoms with Gasteiger partial charge < -0.3 is 15.1 Å². The molecule has 2 aliphatic heterocycles. The Hall–Kier alpha value is -1.92. The summed E-state index contributed by atoms with van der Waals surface area (Å²) in [6.45, 7) is 8.41. The van der Waals surface area contributed by atoms with Crippen molar-refractivity contribution in [1.82, 2.24) is 9.80 Å². The van der Waals surface area contributed by atoms with Crippen molar-refractivity contribution >= 4 is 11.9 Å². The van der Waals surface area contributed by atoms with Crippen LogP contribution in [-0.4, -0.2) is 69.2 Å². The van der Waals surface area contributed by atoms with Crippen LogP contribution in [0.4, 0.5) is 4.79 Å². The normalized spacial score (nSPS) is 31.9. The number of likely N-dealkylation sites (tertiary alicyclic amines) is 2. The van der Waals surface area contributed by atoms with Crippen molar-refractivity contribution in [3.8, 4) is 0 Å². The van der Waals surface area contributed by atoms with Crippen molar-refractivity contribution in [3.05, 3.63) is 33.9 Å².